The molecular weight excluding hydrogens is 242 g/mol. The molecule has 0 unspecified atom stereocenters. The number of hydrogen-bond donors (Lipinski definition) is 2. The number of nitrogens with one attached hydrogen (secondary N) is 1. The highest BCUT2D eigenvalue weighted by atomic mass is 16.3. The van der Waals surface area contributed by atoms with E-state index in [1.807, 2.05) is 0 Å². The predicted octanol–water partition coefficient (Wildman–Crippen LogP) is 0.147. The maximum absolute atomic E-state index is 12.0. The molecule has 1 aliphatic rings. The highest BCUT2D eigenvalue weighted by molar-refractivity contribution is 5.78. The molecule has 1 saturated heterocycles. The summed E-state index contributed by atoms with van der Waals surface area (Å²) in [7, 11) is 0. The molecule has 2 atom stereocenters. The summed E-state index contributed by atoms with van der Waals surface area (Å²) in [6.45, 7) is 11.8. The average Bonchev–Trinajstić information content (AvgIpc) is 2.44. The van der Waals surface area contributed by atoms with Crippen LogP contribution < -0.4 is 5.32 Å². The van der Waals surface area contributed by atoms with Crippen LogP contribution in [0.15, 0.2) is 0 Å². The normalized spacial score (nSPS) is 21.1. The molecule has 0 aromatic carbocycles. The quantitative estimate of drug-likeness (QED) is 0.692. The zero-order chi connectivity index (χ0) is 14.3. The number of likely N-dealkylation sites (N-methyl/N-ethyl adjacent to an activating group) is 1. The van der Waals surface area contributed by atoms with E-state index in [1.54, 1.807) is 0 Å². The molecule has 1 amide bonds. The van der Waals surface area contributed by atoms with E-state index < -0.39 is 0 Å². The van der Waals surface area contributed by atoms with Crippen molar-refractivity contribution in [1.29, 1.82) is 0 Å². The lowest BCUT2D eigenvalue weighted by Crippen LogP contribution is -2.51. The second kappa shape index (κ2) is 8.51. The van der Waals surface area contributed by atoms with Gasteiger partial charge in [-0.15, -0.1) is 0 Å². The summed E-state index contributed by atoms with van der Waals surface area (Å²) in [6.07, 6.45) is 0.959. The maximum Gasteiger partial charge on any atom is 0.234 e. The summed E-state index contributed by atoms with van der Waals surface area (Å²) in [5, 5.41) is 12.3. The third kappa shape index (κ3) is 5.47. The van der Waals surface area contributed by atoms with Crippen molar-refractivity contribution in [1.82, 2.24) is 15.1 Å². The fourth-order valence-electron chi connectivity index (χ4n) is 2.37. The van der Waals surface area contributed by atoms with Crippen molar-refractivity contribution < 1.29 is 9.90 Å². The Labute approximate surface area is 117 Å². The van der Waals surface area contributed by atoms with Gasteiger partial charge in [0.2, 0.25) is 5.91 Å². The fourth-order valence-corrected chi connectivity index (χ4v) is 2.37. The van der Waals surface area contributed by atoms with Crippen molar-refractivity contribution in [3.8, 4) is 0 Å². The summed E-state index contributed by atoms with van der Waals surface area (Å²) in [4.78, 5) is 16.6. The standard InChI is InChI=1S/C14H29N3O2/c1-4-12(3)13(11-18)15-14(19)10-17-8-6-16(5-2)7-9-17/h12-13,18H,4-11H2,1-3H3,(H,15,19)/t12-,13+/m0/s1. The van der Waals surface area contributed by atoms with Gasteiger partial charge in [0.05, 0.1) is 19.2 Å². The SMILES string of the molecule is CC[C@H](C)[C@@H](CO)NC(=O)CN1CCN(CC)CC1. The largest absolute Gasteiger partial charge is 0.394 e. The van der Waals surface area contributed by atoms with Crippen molar-refractivity contribution >= 4 is 5.91 Å². The summed E-state index contributed by atoms with van der Waals surface area (Å²) in [6, 6.07) is -0.116. The van der Waals surface area contributed by atoms with Crippen LogP contribution in [0.4, 0.5) is 0 Å². The van der Waals surface area contributed by atoms with E-state index >= 15 is 0 Å². The van der Waals surface area contributed by atoms with E-state index in [0.717, 1.165) is 39.1 Å². The van der Waals surface area contributed by atoms with Crippen molar-refractivity contribution in [2.45, 2.75) is 33.2 Å². The van der Waals surface area contributed by atoms with Crippen molar-refractivity contribution in [3.63, 3.8) is 0 Å². The molecule has 112 valence electrons. The lowest BCUT2D eigenvalue weighted by Gasteiger charge is -2.34. The number of aliphatic hydroxyl groups excluding tert-OH is 1. The molecule has 1 aliphatic heterocycles. The highest BCUT2D eigenvalue weighted by Crippen LogP contribution is 2.07. The van der Waals surface area contributed by atoms with Gasteiger partial charge in [0, 0.05) is 26.2 Å². The Morgan fingerprint density at radius 1 is 1.21 bits per heavy atom. The van der Waals surface area contributed by atoms with E-state index in [0.29, 0.717) is 12.5 Å². The van der Waals surface area contributed by atoms with Crippen LogP contribution >= 0.6 is 0 Å². The third-order valence-corrected chi connectivity index (χ3v) is 4.15. The molecule has 0 radical (unpaired) electrons. The Hall–Kier alpha value is -0.650. The first kappa shape index (κ1) is 16.4. The molecule has 2 N–H and O–H groups in total. The molecule has 0 aliphatic carbocycles. The Kier molecular flexibility index (Phi) is 7.34. The molecular formula is C14H29N3O2. The van der Waals surface area contributed by atoms with Gasteiger partial charge >= 0.3 is 0 Å². The Bertz CT molecular complexity index is 265. The fraction of sp³-hybridized carbons (Fsp3) is 0.929. The Morgan fingerprint density at radius 3 is 2.26 bits per heavy atom. The molecule has 1 fully saturated rings. The number of nitrogens with zero attached hydrogens (tertiary/aromatic N) is 2. The molecule has 19 heavy (non-hydrogen) atoms. The van der Waals surface area contributed by atoms with Crippen LogP contribution in [0.5, 0.6) is 0 Å². The molecule has 0 bridgehead atoms. The summed E-state index contributed by atoms with van der Waals surface area (Å²) >= 11 is 0. The molecule has 0 aromatic heterocycles. The van der Waals surface area contributed by atoms with Crippen molar-refractivity contribution in [2.24, 2.45) is 5.92 Å². The van der Waals surface area contributed by atoms with Crippen LogP contribution in [-0.4, -0.2) is 72.7 Å². The average molecular weight is 271 g/mol. The van der Waals surface area contributed by atoms with Gasteiger partial charge in [0.15, 0.2) is 0 Å². The van der Waals surface area contributed by atoms with Gasteiger partial charge in [-0.3, -0.25) is 9.69 Å². The van der Waals surface area contributed by atoms with Gasteiger partial charge in [-0.25, -0.2) is 0 Å². The van der Waals surface area contributed by atoms with E-state index in [4.69, 9.17) is 0 Å². The molecule has 0 saturated carbocycles. The maximum atomic E-state index is 12.0. The smallest absolute Gasteiger partial charge is 0.234 e. The Morgan fingerprint density at radius 2 is 1.79 bits per heavy atom. The minimum atomic E-state index is -0.116. The minimum absolute atomic E-state index is 0.0182. The molecule has 0 spiro atoms. The number of aliphatic hydroxyl groups is 1. The molecule has 5 nitrogen and oxygen atoms in total. The van der Waals surface area contributed by atoms with Crippen LogP contribution in [0, 0.1) is 5.92 Å². The van der Waals surface area contributed by atoms with Crippen molar-refractivity contribution in [2.75, 3.05) is 45.9 Å². The van der Waals surface area contributed by atoms with E-state index in [9.17, 15) is 9.90 Å². The van der Waals surface area contributed by atoms with Gasteiger partial charge < -0.3 is 15.3 Å². The molecule has 0 aromatic rings. The van der Waals surface area contributed by atoms with E-state index in [-0.39, 0.29) is 18.6 Å². The number of carbonyl (C=O) groups is 1. The van der Waals surface area contributed by atoms with E-state index in [2.05, 4.69) is 35.9 Å². The first-order chi connectivity index (χ1) is 9.10. The van der Waals surface area contributed by atoms with Crippen LogP contribution in [-0.2, 0) is 4.79 Å². The molecule has 5 heteroatoms. The van der Waals surface area contributed by atoms with E-state index in [1.165, 1.54) is 0 Å². The molecule has 1 rings (SSSR count). The first-order valence-electron chi connectivity index (χ1n) is 7.45. The van der Waals surface area contributed by atoms with Gasteiger partial charge in [-0.05, 0) is 12.5 Å². The van der Waals surface area contributed by atoms with Crippen LogP contribution in [0.25, 0.3) is 0 Å². The zero-order valence-electron chi connectivity index (χ0n) is 12.6. The predicted molar refractivity (Wildman–Crippen MR) is 77.0 cm³/mol. The summed E-state index contributed by atoms with van der Waals surface area (Å²) in [5.74, 6) is 0.343. The Balaban J connectivity index is 2.31. The number of rotatable bonds is 7. The lowest BCUT2D eigenvalue weighted by molar-refractivity contribution is -0.124. The second-order valence-electron chi connectivity index (χ2n) is 5.45. The number of carbonyl (C=O) groups excluding carboxylic acids is 1. The monoisotopic (exact) mass is 271 g/mol. The zero-order valence-corrected chi connectivity index (χ0v) is 12.6. The number of amides is 1. The van der Waals surface area contributed by atoms with Crippen LogP contribution in [0.1, 0.15) is 27.2 Å². The van der Waals surface area contributed by atoms with Gasteiger partial charge in [0.25, 0.3) is 0 Å². The highest BCUT2D eigenvalue weighted by Gasteiger charge is 2.21. The van der Waals surface area contributed by atoms with Gasteiger partial charge in [-0.1, -0.05) is 27.2 Å². The topological polar surface area (TPSA) is 55.8 Å². The van der Waals surface area contributed by atoms with Gasteiger partial charge in [0.1, 0.15) is 0 Å². The van der Waals surface area contributed by atoms with Crippen molar-refractivity contribution in [3.05, 3.63) is 0 Å². The molecule has 1 heterocycles. The van der Waals surface area contributed by atoms with Crippen LogP contribution in [0.2, 0.25) is 0 Å². The second-order valence-corrected chi connectivity index (χ2v) is 5.45. The van der Waals surface area contributed by atoms with Crippen LogP contribution in [0.3, 0.4) is 0 Å². The first-order valence-corrected chi connectivity index (χ1v) is 7.45. The summed E-state index contributed by atoms with van der Waals surface area (Å²) in [5.41, 5.74) is 0. The lowest BCUT2D eigenvalue weighted by atomic mass is 10.00. The minimum Gasteiger partial charge on any atom is -0.394 e. The summed E-state index contributed by atoms with van der Waals surface area (Å²) < 4.78 is 0. The third-order valence-electron chi connectivity index (χ3n) is 4.15. The number of piperazine rings is 1. The van der Waals surface area contributed by atoms with Gasteiger partial charge in [-0.2, -0.15) is 0 Å². The number of hydrogen-bond acceptors (Lipinski definition) is 4.